The molecule has 358 valence electrons. The zero-order valence-corrected chi connectivity index (χ0v) is 40.5. The van der Waals surface area contributed by atoms with Crippen LogP contribution in [0.3, 0.4) is 0 Å². The standard InChI is InChI=1S/C49H56ClF3N5O6PS2/c1-2-64-65(61,55-48(60)38-14-18-42(19-15-38)58-30-28-57(29-31-58)33-39-8-6-7-11-45(39)37-12-16-40(50)17-13-37)43-20-21-46(47(32-43)67(62,63)49(51,52)53)54-41(35-66-44-9-4-3-5-10-44)24-27-56-25-22-36(34-59)23-26-56/h3-21,32,36,41,54,59H,2,22-31,33-35H2,1H3,(H,55,60,61)/t41-,65+/m1/s1. The monoisotopic (exact) mass is 997 g/mol. The van der Waals surface area contributed by atoms with E-state index < -0.39 is 45.0 Å². The first-order valence-corrected chi connectivity index (χ1v) is 26.8. The van der Waals surface area contributed by atoms with Gasteiger partial charge in [0.25, 0.3) is 15.7 Å². The highest BCUT2D eigenvalue weighted by atomic mass is 35.5. The van der Waals surface area contributed by atoms with Crippen LogP contribution in [0.5, 0.6) is 0 Å². The number of hydrogen-bond acceptors (Lipinski definition) is 11. The molecule has 0 radical (unpaired) electrons. The van der Waals surface area contributed by atoms with Crippen molar-refractivity contribution >= 4 is 63.3 Å². The minimum absolute atomic E-state index is 0.120. The summed E-state index contributed by atoms with van der Waals surface area (Å²) in [5.41, 5.74) is -1.53. The number of thioether (sulfide) groups is 1. The summed E-state index contributed by atoms with van der Waals surface area (Å²) in [6.07, 6.45) is 2.12. The summed E-state index contributed by atoms with van der Waals surface area (Å²) in [5, 5.41) is 15.4. The van der Waals surface area contributed by atoms with Crippen molar-refractivity contribution in [1.82, 2.24) is 14.9 Å². The van der Waals surface area contributed by atoms with Crippen LogP contribution in [-0.2, 0) is 25.5 Å². The normalized spacial score (nSPS) is 16.9. The largest absolute Gasteiger partial charge is 0.501 e. The molecule has 2 heterocycles. The minimum atomic E-state index is -6.00. The van der Waals surface area contributed by atoms with Crippen molar-refractivity contribution in [1.29, 1.82) is 0 Å². The van der Waals surface area contributed by atoms with Gasteiger partial charge in [0.05, 0.1) is 17.6 Å². The number of halogens is 4. The molecule has 18 heteroatoms. The number of hydrogen-bond donors (Lipinski definition) is 3. The van der Waals surface area contributed by atoms with E-state index in [1.165, 1.54) is 30.3 Å². The van der Waals surface area contributed by atoms with Crippen molar-refractivity contribution in [3.05, 3.63) is 137 Å². The highest BCUT2D eigenvalue weighted by Gasteiger charge is 2.49. The van der Waals surface area contributed by atoms with Crippen LogP contribution in [0.2, 0.25) is 5.02 Å². The smallest absolute Gasteiger partial charge is 0.396 e. The number of likely N-dealkylation sites (tertiary alicyclic amines) is 1. The molecule has 2 aliphatic rings. The van der Waals surface area contributed by atoms with Gasteiger partial charge in [0.1, 0.15) is 4.90 Å². The Bertz CT molecular complexity index is 2580. The molecule has 2 fully saturated rings. The van der Waals surface area contributed by atoms with E-state index in [4.69, 9.17) is 16.1 Å². The molecule has 0 spiro atoms. The van der Waals surface area contributed by atoms with Crippen LogP contribution in [0.4, 0.5) is 24.5 Å². The summed E-state index contributed by atoms with van der Waals surface area (Å²) in [7, 11) is -10.5. The van der Waals surface area contributed by atoms with Crippen LogP contribution in [0.1, 0.15) is 42.1 Å². The van der Waals surface area contributed by atoms with Crippen molar-refractivity contribution < 1.29 is 40.6 Å². The molecule has 0 bridgehead atoms. The second-order valence-electron chi connectivity index (χ2n) is 16.7. The summed E-state index contributed by atoms with van der Waals surface area (Å²) in [4.78, 5) is 20.4. The molecule has 3 N–H and O–H groups in total. The Morgan fingerprint density at radius 2 is 1.55 bits per heavy atom. The van der Waals surface area contributed by atoms with Crippen LogP contribution < -0.4 is 20.6 Å². The van der Waals surface area contributed by atoms with Crippen LogP contribution in [-0.4, -0.2) is 106 Å². The predicted octanol–water partition coefficient (Wildman–Crippen LogP) is 9.57. The fourth-order valence-corrected chi connectivity index (χ4v) is 12.2. The number of piperazine rings is 1. The fourth-order valence-electron chi connectivity index (χ4n) is 8.37. The van der Waals surface area contributed by atoms with Crippen molar-refractivity contribution in [2.45, 2.75) is 54.1 Å². The summed E-state index contributed by atoms with van der Waals surface area (Å²) < 4.78 is 89.9. The van der Waals surface area contributed by atoms with Crippen molar-refractivity contribution in [2.24, 2.45) is 5.92 Å². The van der Waals surface area contributed by atoms with Crippen LogP contribution in [0.15, 0.2) is 131 Å². The minimum Gasteiger partial charge on any atom is -0.396 e. The lowest BCUT2D eigenvalue weighted by atomic mass is 9.97. The maximum absolute atomic E-state index is 14.5. The zero-order chi connectivity index (χ0) is 47.6. The molecule has 11 nitrogen and oxygen atoms in total. The number of nitrogens with one attached hydrogen (secondary N) is 2. The number of carbonyl (C=O) groups is 1. The van der Waals surface area contributed by atoms with Crippen LogP contribution in [0, 0.1) is 5.92 Å². The number of alkyl halides is 3. The van der Waals surface area contributed by atoms with E-state index >= 15 is 0 Å². The van der Waals surface area contributed by atoms with Crippen molar-refractivity contribution in [2.75, 3.05) is 75.0 Å². The summed E-state index contributed by atoms with van der Waals surface area (Å²) in [6, 6.07) is 34.9. The number of aliphatic hydroxyl groups excluding tert-OH is 1. The van der Waals surface area contributed by atoms with E-state index in [1.807, 2.05) is 66.7 Å². The van der Waals surface area contributed by atoms with Gasteiger partial charge < -0.3 is 24.7 Å². The van der Waals surface area contributed by atoms with E-state index in [1.54, 1.807) is 24.3 Å². The van der Waals surface area contributed by atoms with Gasteiger partial charge in [-0.05, 0) is 129 Å². The van der Waals surface area contributed by atoms with E-state index in [-0.39, 0.29) is 30.4 Å². The number of carbonyl (C=O) groups excluding carboxylic acids is 1. The van der Waals surface area contributed by atoms with Gasteiger partial charge in [-0.2, -0.15) is 13.2 Å². The lowest BCUT2D eigenvalue weighted by Crippen LogP contribution is -2.46. The number of amides is 1. The molecular formula is C49H56ClF3N5O6PS2. The lowest BCUT2D eigenvalue weighted by Gasteiger charge is -2.36. The Hall–Kier alpha value is -4.38. The second-order valence-corrected chi connectivity index (χ2v) is 22.3. The number of rotatable bonds is 19. The molecular weight excluding hydrogens is 942 g/mol. The number of benzene rings is 5. The summed E-state index contributed by atoms with van der Waals surface area (Å²) >= 11 is 7.61. The van der Waals surface area contributed by atoms with Gasteiger partial charge in [-0.3, -0.25) is 19.3 Å². The molecule has 5 aromatic rings. The van der Waals surface area contributed by atoms with Gasteiger partial charge in [0, 0.05) is 78.8 Å². The summed E-state index contributed by atoms with van der Waals surface area (Å²) in [5.74, 6) is -0.185. The maximum atomic E-state index is 14.5. The molecule has 0 unspecified atom stereocenters. The lowest BCUT2D eigenvalue weighted by molar-refractivity contribution is -0.0435. The Morgan fingerprint density at radius 1 is 0.881 bits per heavy atom. The molecule has 0 saturated carbocycles. The van der Waals surface area contributed by atoms with Crippen molar-refractivity contribution in [3.63, 3.8) is 0 Å². The Balaban J connectivity index is 1.05. The average Bonchev–Trinajstić information content (AvgIpc) is 3.33. The van der Waals surface area contributed by atoms with Crippen LogP contribution in [0.25, 0.3) is 11.1 Å². The Labute approximate surface area is 400 Å². The van der Waals surface area contributed by atoms with E-state index in [9.17, 15) is 36.1 Å². The highest BCUT2D eigenvalue weighted by molar-refractivity contribution is 7.99. The molecule has 0 aliphatic carbocycles. The molecule has 1 amide bonds. The van der Waals surface area contributed by atoms with Crippen LogP contribution >= 0.6 is 30.9 Å². The predicted molar refractivity (Wildman–Crippen MR) is 262 cm³/mol. The fraction of sp³-hybridized carbons (Fsp3) is 0.367. The number of aliphatic hydroxyl groups is 1. The molecule has 2 saturated heterocycles. The van der Waals surface area contributed by atoms with Gasteiger partial charge in [0.2, 0.25) is 0 Å². The molecule has 2 aliphatic heterocycles. The van der Waals surface area contributed by atoms with Gasteiger partial charge in [-0.1, -0.05) is 66.2 Å². The first-order valence-electron chi connectivity index (χ1n) is 22.4. The molecule has 0 aromatic heterocycles. The van der Waals surface area contributed by atoms with Gasteiger partial charge in [0.15, 0.2) is 0 Å². The summed E-state index contributed by atoms with van der Waals surface area (Å²) in [6.45, 7) is 7.38. The number of sulfone groups is 1. The van der Waals surface area contributed by atoms with Crippen molar-refractivity contribution in [3.8, 4) is 11.1 Å². The Morgan fingerprint density at radius 3 is 2.21 bits per heavy atom. The zero-order valence-electron chi connectivity index (χ0n) is 37.2. The molecule has 7 rings (SSSR count). The van der Waals surface area contributed by atoms with Gasteiger partial charge in [-0.25, -0.2) is 8.42 Å². The third kappa shape index (κ3) is 13.0. The molecule has 5 aromatic carbocycles. The Kier molecular flexibility index (Phi) is 17.2. The SMILES string of the molecule is CCO[P@](=O)(NC(=O)c1ccc(N2CCN(Cc3ccccc3-c3ccc(Cl)cc3)CC2)cc1)c1ccc(N[C@H](CCN2CCC(CO)CC2)CSc2ccccc2)c(S(=O)(=O)C(F)(F)F)c1. The number of piperidine rings is 1. The first kappa shape index (κ1) is 50.5. The maximum Gasteiger partial charge on any atom is 0.501 e. The number of anilines is 2. The number of nitrogens with zero attached hydrogens (tertiary/aromatic N) is 3. The highest BCUT2D eigenvalue weighted by Crippen LogP contribution is 2.44. The second kappa shape index (κ2) is 22.8. The average molecular weight is 999 g/mol. The first-order chi connectivity index (χ1) is 32.2. The van der Waals surface area contributed by atoms with Gasteiger partial charge in [-0.15, -0.1) is 11.8 Å². The van der Waals surface area contributed by atoms with E-state index in [0.29, 0.717) is 29.8 Å². The quantitative estimate of drug-likeness (QED) is 0.0540. The topological polar surface area (TPSA) is 132 Å². The van der Waals surface area contributed by atoms with E-state index in [0.717, 1.165) is 86.4 Å². The molecule has 67 heavy (non-hydrogen) atoms. The third-order valence-electron chi connectivity index (χ3n) is 12.2. The molecule has 2 atom stereocenters. The van der Waals surface area contributed by atoms with E-state index in [2.05, 4.69) is 37.2 Å². The van der Waals surface area contributed by atoms with Gasteiger partial charge >= 0.3 is 13.0 Å². The third-order valence-corrected chi connectivity index (χ3v) is 17.2.